The van der Waals surface area contributed by atoms with E-state index in [-0.39, 0.29) is 11.6 Å². The van der Waals surface area contributed by atoms with Crippen LogP contribution in [0.3, 0.4) is 0 Å². The molecule has 6 rings (SSSR count). The number of rotatable bonds is 6. The molecule has 0 bridgehead atoms. The summed E-state index contributed by atoms with van der Waals surface area (Å²) in [5, 5.41) is 7.94. The number of aromatic amines is 1. The van der Waals surface area contributed by atoms with Crippen LogP contribution in [0.4, 0.5) is 28.0 Å². The smallest absolute Gasteiger partial charge is 0.346 e. The van der Waals surface area contributed by atoms with E-state index >= 15 is 0 Å². The second-order valence-corrected chi connectivity index (χ2v) is 10.7. The van der Waals surface area contributed by atoms with Crippen molar-refractivity contribution in [1.29, 1.82) is 0 Å². The fraction of sp³-hybridized carbons (Fsp3) is 0.393. The van der Waals surface area contributed by atoms with E-state index in [1.165, 1.54) is 11.2 Å². The Morgan fingerprint density at radius 2 is 2.00 bits per heavy atom. The third kappa shape index (κ3) is 5.22. The van der Waals surface area contributed by atoms with Crippen molar-refractivity contribution < 1.29 is 22.4 Å². The average molecular weight is 584 g/mol. The van der Waals surface area contributed by atoms with Crippen molar-refractivity contribution in [2.75, 3.05) is 38.5 Å². The summed E-state index contributed by atoms with van der Waals surface area (Å²) in [4.78, 5) is 32.7. The van der Waals surface area contributed by atoms with E-state index in [1.807, 2.05) is 35.6 Å². The number of halogens is 4. The first-order valence-corrected chi connectivity index (χ1v) is 13.6. The number of aromatic nitrogens is 5. The Labute approximate surface area is 238 Å². The number of alkyl halides is 3. The topological polar surface area (TPSA) is 107 Å². The molecule has 5 heterocycles. The highest BCUT2D eigenvalue weighted by molar-refractivity contribution is 5.91. The normalized spacial score (nSPS) is 18.1. The molecule has 0 radical (unpaired) electrons. The number of hydrogen-bond acceptors (Lipinski definition) is 6. The molecule has 42 heavy (non-hydrogen) atoms. The molecule has 14 heteroatoms. The second kappa shape index (κ2) is 10.8. The van der Waals surface area contributed by atoms with Gasteiger partial charge in [0.15, 0.2) is 0 Å². The van der Waals surface area contributed by atoms with Gasteiger partial charge in [-0.05, 0) is 37.1 Å². The first-order valence-electron chi connectivity index (χ1n) is 13.6. The number of H-pyrrole nitrogens is 1. The predicted molar refractivity (Wildman–Crippen MR) is 149 cm³/mol. The molecule has 1 aromatic carbocycles. The van der Waals surface area contributed by atoms with Gasteiger partial charge in [0.1, 0.15) is 17.8 Å². The summed E-state index contributed by atoms with van der Waals surface area (Å²) in [6.07, 6.45) is 6.33. The molecular weight excluding hydrogens is 554 g/mol. The average Bonchev–Trinajstić information content (AvgIpc) is 3.64. The van der Waals surface area contributed by atoms with Crippen LogP contribution >= 0.6 is 0 Å². The van der Waals surface area contributed by atoms with Crippen LogP contribution in [0, 0.1) is 5.82 Å². The van der Waals surface area contributed by atoms with Crippen molar-refractivity contribution in [3.8, 4) is 11.3 Å². The third-order valence-corrected chi connectivity index (χ3v) is 8.14. The lowest BCUT2D eigenvalue weighted by molar-refractivity contribution is -0.137. The van der Waals surface area contributed by atoms with Crippen LogP contribution in [0.1, 0.15) is 24.8 Å². The number of aliphatic imine (C=N–C) groups is 1. The first kappa shape index (κ1) is 27.8. The Morgan fingerprint density at radius 3 is 2.74 bits per heavy atom. The van der Waals surface area contributed by atoms with Gasteiger partial charge < -0.3 is 20.2 Å². The molecule has 0 aliphatic carbocycles. The number of carbonyl (C=O) groups is 1. The standard InChI is InChI=1S/C28H29F4N9O/c1-33-9-7-27(41-14-18(13-37-41)24-21-4-8-34-25(21)36-17-35-24)15-40(16-27)20-5-10-39(11-6-20)26(42)38-23-3-2-19(29)12-22(23)28(30,31)32/h2-4,8-9,12-14,17,20H,5-7,10-11,15-16H2,1H3,(H,38,42)(H,34,35,36). The van der Waals surface area contributed by atoms with Crippen molar-refractivity contribution in [3.05, 3.63) is 60.6 Å². The summed E-state index contributed by atoms with van der Waals surface area (Å²) in [6.45, 7) is 2.27. The van der Waals surface area contributed by atoms with Gasteiger partial charge in [-0.15, -0.1) is 0 Å². The van der Waals surface area contributed by atoms with Crippen LogP contribution in [0.5, 0.6) is 0 Å². The molecule has 2 N–H and O–H groups in total. The van der Waals surface area contributed by atoms with Gasteiger partial charge in [-0.1, -0.05) is 0 Å². The quantitative estimate of drug-likeness (QED) is 0.251. The third-order valence-electron chi connectivity index (χ3n) is 8.14. The molecular formula is C28H29F4N9O. The monoisotopic (exact) mass is 583 g/mol. The maximum atomic E-state index is 13.4. The molecule has 10 nitrogen and oxygen atoms in total. The van der Waals surface area contributed by atoms with Crippen LogP contribution in [0.25, 0.3) is 22.3 Å². The first-order chi connectivity index (χ1) is 20.2. The van der Waals surface area contributed by atoms with Crippen molar-refractivity contribution in [2.24, 2.45) is 4.99 Å². The number of fused-ring (bicyclic) bond motifs is 1. The molecule has 3 aromatic heterocycles. The summed E-state index contributed by atoms with van der Waals surface area (Å²) < 4.78 is 55.5. The van der Waals surface area contributed by atoms with Gasteiger partial charge in [0.2, 0.25) is 0 Å². The van der Waals surface area contributed by atoms with Crippen LogP contribution in [0.2, 0.25) is 0 Å². The molecule has 2 aliphatic heterocycles. The molecule has 0 saturated carbocycles. The van der Waals surface area contributed by atoms with Crippen molar-refractivity contribution in [2.45, 2.75) is 37.0 Å². The summed E-state index contributed by atoms with van der Waals surface area (Å²) in [5.41, 5.74) is 0.497. The van der Waals surface area contributed by atoms with Crippen molar-refractivity contribution in [1.82, 2.24) is 34.5 Å². The number of benzene rings is 1. The fourth-order valence-electron chi connectivity index (χ4n) is 5.89. The Kier molecular flexibility index (Phi) is 7.17. The summed E-state index contributed by atoms with van der Waals surface area (Å²) in [5.74, 6) is -1.02. The molecule has 0 unspecified atom stereocenters. The fourth-order valence-corrected chi connectivity index (χ4v) is 5.89. The maximum Gasteiger partial charge on any atom is 0.418 e. The van der Waals surface area contributed by atoms with Crippen LogP contribution in [-0.4, -0.2) is 86.0 Å². The molecule has 220 valence electrons. The summed E-state index contributed by atoms with van der Waals surface area (Å²) in [6, 6.07) is 3.75. The zero-order chi connectivity index (χ0) is 29.5. The SMILES string of the molecule is CN=CCC1(n2cc(-c3ncnc4[nH]ccc34)cn2)CN(C2CCN(C(=O)Nc3ccc(F)cc3C(F)(F)F)CC2)C1. The van der Waals surface area contributed by atoms with Crippen LogP contribution in [0.15, 0.2) is 54.2 Å². The predicted octanol–water partition coefficient (Wildman–Crippen LogP) is 4.78. The Balaban J connectivity index is 1.10. The number of amides is 2. The van der Waals surface area contributed by atoms with E-state index in [2.05, 4.69) is 30.2 Å². The Bertz CT molecular complexity index is 1610. The minimum absolute atomic E-state index is 0.216. The van der Waals surface area contributed by atoms with E-state index < -0.39 is 29.3 Å². The molecule has 2 saturated heterocycles. The summed E-state index contributed by atoms with van der Waals surface area (Å²) in [7, 11) is 1.74. The lowest BCUT2D eigenvalue weighted by Gasteiger charge is -2.54. The molecule has 2 fully saturated rings. The molecule has 0 atom stereocenters. The molecule has 4 aromatic rings. The Hall–Kier alpha value is -4.33. The van der Waals surface area contributed by atoms with Gasteiger partial charge in [-0.2, -0.15) is 18.3 Å². The van der Waals surface area contributed by atoms with Crippen molar-refractivity contribution in [3.63, 3.8) is 0 Å². The van der Waals surface area contributed by atoms with E-state index in [0.717, 1.165) is 47.5 Å². The minimum Gasteiger partial charge on any atom is -0.346 e. The van der Waals surface area contributed by atoms with E-state index in [0.29, 0.717) is 38.4 Å². The second-order valence-electron chi connectivity index (χ2n) is 10.7. The van der Waals surface area contributed by atoms with E-state index in [1.54, 1.807) is 7.05 Å². The van der Waals surface area contributed by atoms with Gasteiger partial charge >= 0.3 is 12.2 Å². The van der Waals surface area contributed by atoms with Crippen LogP contribution in [-0.2, 0) is 11.7 Å². The maximum absolute atomic E-state index is 13.4. The number of hydrogen-bond donors (Lipinski definition) is 2. The lowest BCUT2D eigenvalue weighted by Crippen LogP contribution is -2.66. The highest BCUT2D eigenvalue weighted by Crippen LogP contribution is 2.38. The number of piperidine rings is 1. The van der Waals surface area contributed by atoms with Crippen LogP contribution < -0.4 is 5.32 Å². The largest absolute Gasteiger partial charge is 0.418 e. The highest BCUT2D eigenvalue weighted by Gasteiger charge is 2.48. The zero-order valence-electron chi connectivity index (χ0n) is 22.8. The number of likely N-dealkylation sites (tertiary alicyclic amines) is 2. The zero-order valence-corrected chi connectivity index (χ0v) is 22.8. The van der Waals surface area contributed by atoms with Crippen molar-refractivity contribution >= 4 is 29.0 Å². The van der Waals surface area contributed by atoms with E-state index in [9.17, 15) is 22.4 Å². The molecule has 2 aliphatic rings. The number of nitrogens with one attached hydrogen (secondary N) is 2. The van der Waals surface area contributed by atoms with E-state index in [4.69, 9.17) is 5.10 Å². The van der Waals surface area contributed by atoms with Gasteiger partial charge in [-0.25, -0.2) is 19.2 Å². The Morgan fingerprint density at radius 1 is 1.21 bits per heavy atom. The van der Waals surface area contributed by atoms with Gasteiger partial charge in [-0.3, -0.25) is 9.58 Å². The number of carbonyl (C=O) groups excluding carboxylic acids is 1. The minimum atomic E-state index is -4.79. The number of urea groups is 1. The van der Waals surface area contributed by atoms with Gasteiger partial charge in [0, 0.05) is 75.2 Å². The number of nitrogens with zero attached hydrogens (tertiary/aromatic N) is 7. The number of anilines is 1. The molecule has 0 spiro atoms. The summed E-state index contributed by atoms with van der Waals surface area (Å²) >= 11 is 0. The highest BCUT2D eigenvalue weighted by atomic mass is 19.4. The van der Waals surface area contributed by atoms with Gasteiger partial charge in [0.25, 0.3) is 0 Å². The lowest BCUT2D eigenvalue weighted by atomic mass is 9.83. The molecule has 2 amide bonds. The van der Waals surface area contributed by atoms with Gasteiger partial charge in [0.05, 0.1) is 28.7 Å².